The summed E-state index contributed by atoms with van der Waals surface area (Å²) in [4.78, 5) is 0. The predicted octanol–water partition coefficient (Wildman–Crippen LogP) is 2.64. The number of hydrogen-bond acceptors (Lipinski definition) is 2. The molecular formula is C10H16O2. The second-order valence-electron chi connectivity index (χ2n) is 2.73. The van der Waals surface area contributed by atoms with Gasteiger partial charge < -0.3 is 9.15 Å². The lowest BCUT2D eigenvalue weighted by Gasteiger charge is -1.99. The Hall–Kier alpha value is -0.760. The molecule has 0 unspecified atom stereocenters. The van der Waals surface area contributed by atoms with Gasteiger partial charge in [-0.3, -0.25) is 0 Å². The Morgan fingerprint density at radius 2 is 2.33 bits per heavy atom. The van der Waals surface area contributed by atoms with Gasteiger partial charge in [0.1, 0.15) is 5.76 Å². The Morgan fingerprint density at radius 1 is 1.42 bits per heavy atom. The van der Waals surface area contributed by atoms with Crippen LogP contribution < -0.4 is 0 Å². The molecule has 0 spiro atoms. The maximum atomic E-state index is 5.22. The lowest BCUT2D eigenvalue weighted by Crippen LogP contribution is -1.94. The Kier molecular flexibility index (Phi) is 4.54. The van der Waals surface area contributed by atoms with E-state index in [0.717, 1.165) is 38.2 Å². The highest BCUT2D eigenvalue weighted by Crippen LogP contribution is 2.05. The number of aryl methyl sites for hydroxylation is 1. The van der Waals surface area contributed by atoms with Crippen molar-refractivity contribution in [2.24, 2.45) is 0 Å². The molecule has 2 nitrogen and oxygen atoms in total. The van der Waals surface area contributed by atoms with Gasteiger partial charge in [0.25, 0.3) is 0 Å². The SMILES string of the molecule is CCOCCCCc1ccco1. The zero-order valence-electron chi connectivity index (χ0n) is 7.58. The van der Waals surface area contributed by atoms with Crippen molar-refractivity contribution in [3.63, 3.8) is 0 Å². The highest BCUT2D eigenvalue weighted by atomic mass is 16.5. The van der Waals surface area contributed by atoms with Gasteiger partial charge in [-0.15, -0.1) is 0 Å². The minimum atomic E-state index is 0.820. The van der Waals surface area contributed by atoms with Crippen molar-refractivity contribution in [2.45, 2.75) is 26.2 Å². The first-order valence-corrected chi connectivity index (χ1v) is 4.53. The van der Waals surface area contributed by atoms with E-state index in [1.54, 1.807) is 6.26 Å². The summed E-state index contributed by atoms with van der Waals surface area (Å²) in [5.41, 5.74) is 0. The fraction of sp³-hybridized carbons (Fsp3) is 0.600. The van der Waals surface area contributed by atoms with Crippen molar-refractivity contribution in [3.8, 4) is 0 Å². The fourth-order valence-corrected chi connectivity index (χ4v) is 1.10. The number of hydrogen-bond donors (Lipinski definition) is 0. The zero-order chi connectivity index (χ0) is 8.65. The van der Waals surface area contributed by atoms with Gasteiger partial charge >= 0.3 is 0 Å². The van der Waals surface area contributed by atoms with Gasteiger partial charge in [0, 0.05) is 19.6 Å². The van der Waals surface area contributed by atoms with Gasteiger partial charge in [-0.1, -0.05) is 0 Å². The summed E-state index contributed by atoms with van der Waals surface area (Å²) in [6.07, 6.45) is 5.01. The van der Waals surface area contributed by atoms with Crippen LogP contribution in [0.3, 0.4) is 0 Å². The molecule has 0 aliphatic rings. The molecule has 0 aliphatic carbocycles. The van der Waals surface area contributed by atoms with Crippen molar-refractivity contribution >= 4 is 0 Å². The molecule has 0 aliphatic heterocycles. The van der Waals surface area contributed by atoms with Crippen LogP contribution in [0.25, 0.3) is 0 Å². The smallest absolute Gasteiger partial charge is 0.103 e. The first kappa shape index (κ1) is 9.33. The quantitative estimate of drug-likeness (QED) is 0.609. The molecule has 1 rings (SSSR count). The molecule has 1 aromatic heterocycles. The average molecular weight is 168 g/mol. The van der Waals surface area contributed by atoms with Crippen molar-refractivity contribution in [3.05, 3.63) is 24.2 Å². The van der Waals surface area contributed by atoms with Crippen LogP contribution >= 0.6 is 0 Å². The Balaban J connectivity index is 1.96. The van der Waals surface area contributed by atoms with E-state index in [1.165, 1.54) is 0 Å². The fourth-order valence-electron chi connectivity index (χ4n) is 1.10. The molecule has 12 heavy (non-hydrogen) atoms. The molecule has 1 heterocycles. The van der Waals surface area contributed by atoms with Crippen LogP contribution in [0.4, 0.5) is 0 Å². The summed E-state index contributed by atoms with van der Waals surface area (Å²) in [5, 5.41) is 0. The van der Waals surface area contributed by atoms with E-state index >= 15 is 0 Å². The maximum absolute atomic E-state index is 5.22. The number of unbranched alkanes of at least 4 members (excludes halogenated alkanes) is 1. The maximum Gasteiger partial charge on any atom is 0.103 e. The van der Waals surface area contributed by atoms with E-state index in [0.29, 0.717) is 0 Å². The highest BCUT2D eigenvalue weighted by Gasteiger charge is 1.94. The van der Waals surface area contributed by atoms with E-state index in [-0.39, 0.29) is 0 Å². The van der Waals surface area contributed by atoms with Gasteiger partial charge in [0.2, 0.25) is 0 Å². The van der Waals surface area contributed by atoms with Crippen LogP contribution in [-0.4, -0.2) is 13.2 Å². The molecule has 0 atom stereocenters. The zero-order valence-corrected chi connectivity index (χ0v) is 7.58. The summed E-state index contributed by atoms with van der Waals surface area (Å²) in [6, 6.07) is 3.94. The number of ether oxygens (including phenoxy) is 1. The third-order valence-electron chi connectivity index (χ3n) is 1.75. The van der Waals surface area contributed by atoms with Gasteiger partial charge in [-0.25, -0.2) is 0 Å². The summed E-state index contributed by atoms with van der Waals surface area (Å²) in [5.74, 6) is 1.08. The normalized spacial score (nSPS) is 10.4. The van der Waals surface area contributed by atoms with Gasteiger partial charge in [0.05, 0.1) is 6.26 Å². The molecule has 0 fully saturated rings. The van der Waals surface area contributed by atoms with Crippen molar-refractivity contribution in [1.82, 2.24) is 0 Å². The van der Waals surface area contributed by atoms with Crippen LogP contribution in [0.1, 0.15) is 25.5 Å². The van der Waals surface area contributed by atoms with E-state index < -0.39 is 0 Å². The van der Waals surface area contributed by atoms with Gasteiger partial charge in [-0.05, 0) is 31.9 Å². The van der Waals surface area contributed by atoms with Crippen molar-refractivity contribution in [1.29, 1.82) is 0 Å². The molecule has 0 amide bonds. The summed E-state index contributed by atoms with van der Waals surface area (Å²) in [7, 11) is 0. The molecule has 0 bridgehead atoms. The van der Waals surface area contributed by atoms with Crippen LogP contribution in [0.5, 0.6) is 0 Å². The number of rotatable bonds is 6. The molecule has 68 valence electrons. The average Bonchev–Trinajstić information content (AvgIpc) is 2.57. The van der Waals surface area contributed by atoms with Gasteiger partial charge in [0.15, 0.2) is 0 Å². The molecule has 1 aromatic rings. The molecule has 0 saturated heterocycles. The van der Waals surface area contributed by atoms with E-state index in [1.807, 2.05) is 19.1 Å². The van der Waals surface area contributed by atoms with E-state index in [9.17, 15) is 0 Å². The first-order chi connectivity index (χ1) is 5.93. The largest absolute Gasteiger partial charge is 0.469 e. The minimum absolute atomic E-state index is 0.820. The summed E-state index contributed by atoms with van der Waals surface area (Å²) >= 11 is 0. The second-order valence-corrected chi connectivity index (χ2v) is 2.73. The van der Waals surface area contributed by atoms with Crippen molar-refractivity contribution in [2.75, 3.05) is 13.2 Å². The topological polar surface area (TPSA) is 22.4 Å². The third kappa shape index (κ3) is 3.58. The van der Waals surface area contributed by atoms with Crippen LogP contribution in [-0.2, 0) is 11.2 Å². The first-order valence-electron chi connectivity index (χ1n) is 4.53. The monoisotopic (exact) mass is 168 g/mol. The Labute approximate surface area is 73.5 Å². The molecule has 0 radical (unpaired) electrons. The second kappa shape index (κ2) is 5.84. The molecular weight excluding hydrogens is 152 g/mol. The molecule has 0 aromatic carbocycles. The predicted molar refractivity (Wildman–Crippen MR) is 48.1 cm³/mol. The van der Waals surface area contributed by atoms with E-state index in [4.69, 9.17) is 9.15 Å². The molecule has 0 saturated carbocycles. The van der Waals surface area contributed by atoms with E-state index in [2.05, 4.69) is 0 Å². The lowest BCUT2D eigenvalue weighted by atomic mass is 10.2. The number of furan rings is 1. The Morgan fingerprint density at radius 3 is 3.00 bits per heavy atom. The lowest BCUT2D eigenvalue weighted by molar-refractivity contribution is 0.143. The third-order valence-corrected chi connectivity index (χ3v) is 1.75. The van der Waals surface area contributed by atoms with Crippen LogP contribution in [0, 0.1) is 0 Å². The molecule has 0 N–H and O–H groups in total. The summed E-state index contributed by atoms with van der Waals surface area (Å²) in [6.45, 7) is 3.71. The van der Waals surface area contributed by atoms with Crippen LogP contribution in [0.2, 0.25) is 0 Å². The van der Waals surface area contributed by atoms with Crippen molar-refractivity contribution < 1.29 is 9.15 Å². The molecule has 2 heteroatoms. The van der Waals surface area contributed by atoms with Crippen LogP contribution in [0.15, 0.2) is 22.8 Å². The summed E-state index contributed by atoms with van der Waals surface area (Å²) < 4.78 is 10.4. The highest BCUT2D eigenvalue weighted by molar-refractivity contribution is 4.97. The standard InChI is InChI=1S/C10H16O2/c1-2-11-8-4-3-6-10-7-5-9-12-10/h5,7,9H,2-4,6,8H2,1H3. The van der Waals surface area contributed by atoms with Gasteiger partial charge in [-0.2, -0.15) is 0 Å². The Bertz CT molecular complexity index is 180. The minimum Gasteiger partial charge on any atom is -0.469 e.